The van der Waals surface area contributed by atoms with E-state index in [4.69, 9.17) is 9.47 Å². The normalized spacial score (nSPS) is 19.0. The number of nitrogens with zero attached hydrogens (tertiary/aromatic N) is 2. The van der Waals surface area contributed by atoms with Gasteiger partial charge in [0.15, 0.2) is 0 Å². The third-order valence-corrected chi connectivity index (χ3v) is 7.90. The Bertz CT molecular complexity index is 1350. The number of nitrogens with one attached hydrogen (secondary N) is 1. The average molecular weight is 552 g/mol. The van der Waals surface area contributed by atoms with Gasteiger partial charge < -0.3 is 19.7 Å². The van der Waals surface area contributed by atoms with Crippen molar-refractivity contribution in [2.75, 3.05) is 19.7 Å². The number of halogens is 1. The van der Waals surface area contributed by atoms with Crippen LogP contribution in [0.2, 0.25) is 0 Å². The molecule has 3 heterocycles. The summed E-state index contributed by atoms with van der Waals surface area (Å²) in [7, 11) is 0. The summed E-state index contributed by atoms with van der Waals surface area (Å²) >= 11 is 1.37. The van der Waals surface area contributed by atoms with Crippen LogP contribution in [-0.2, 0) is 22.6 Å². The van der Waals surface area contributed by atoms with Crippen molar-refractivity contribution in [3.05, 3.63) is 81.1 Å². The Balaban J connectivity index is 1.32. The van der Waals surface area contributed by atoms with Crippen molar-refractivity contribution in [1.82, 2.24) is 15.2 Å². The highest BCUT2D eigenvalue weighted by atomic mass is 32.1. The lowest BCUT2D eigenvalue weighted by Gasteiger charge is -2.41. The second-order valence-corrected chi connectivity index (χ2v) is 12.0. The summed E-state index contributed by atoms with van der Waals surface area (Å²) < 4.78 is 25.9. The number of amides is 2. The molecule has 1 N–H and O–H groups in total. The summed E-state index contributed by atoms with van der Waals surface area (Å²) in [6.07, 6.45) is 2.76. The van der Waals surface area contributed by atoms with Crippen LogP contribution in [-0.4, -0.2) is 47.5 Å². The maximum Gasteiger partial charge on any atom is 0.270 e. The zero-order valence-corrected chi connectivity index (χ0v) is 23.4. The van der Waals surface area contributed by atoms with Gasteiger partial charge in [0.2, 0.25) is 5.91 Å². The molecule has 2 aromatic carbocycles. The molecule has 5 rings (SSSR count). The lowest BCUT2D eigenvalue weighted by Crippen LogP contribution is -2.45. The van der Waals surface area contributed by atoms with Crippen molar-refractivity contribution < 1.29 is 23.5 Å². The molecule has 206 valence electrons. The topological polar surface area (TPSA) is 80.8 Å². The second-order valence-electron chi connectivity index (χ2n) is 11.1. The van der Waals surface area contributed by atoms with Gasteiger partial charge in [0, 0.05) is 30.5 Å². The number of hydrogen-bond donors (Lipinski definition) is 1. The van der Waals surface area contributed by atoms with Crippen molar-refractivity contribution in [1.29, 1.82) is 0 Å². The van der Waals surface area contributed by atoms with Gasteiger partial charge in [0.1, 0.15) is 28.9 Å². The molecule has 9 heteroatoms. The van der Waals surface area contributed by atoms with E-state index in [1.54, 1.807) is 11.4 Å². The molecule has 1 aromatic heterocycles. The largest absolute Gasteiger partial charge is 0.486 e. The molecule has 1 fully saturated rings. The van der Waals surface area contributed by atoms with E-state index in [1.165, 1.54) is 23.5 Å². The third kappa shape index (κ3) is 6.31. The summed E-state index contributed by atoms with van der Waals surface area (Å²) in [5.41, 5.74) is 2.55. The predicted molar refractivity (Wildman–Crippen MR) is 147 cm³/mol. The molecule has 0 aliphatic carbocycles. The maximum absolute atomic E-state index is 14.3. The summed E-state index contributed by atoms with van der Waals surface area (Å²) in [6, 6.07) is 11.9. The summed E-state index contributed by atoms with van der Waals surface area (Å²) in [5.74, 6) is 0.0829. The van der Waals surface area contributed by atoms with Crippen molar-refractivity contribution in [2.45, 2.75) is 58.8 Å². The first kappa shape index (κ1) is 27.3. The lowest BCUT2D eigenvalue weighted by atomic mass is 9.85. The summed E-state index contributed by atoms with van der Waals surface area (Å²) in [4.78, 5) is 32.2. The van der Waals surface area contributed by atoms with E-state index < -0.39 is 11.5 Å². The van der Waals surface area contributed by atoms with E-state index in [1.807, 2.05) is 49.9 Å². The number of rotatable bonds is 7. The van der Waals surface area contributed by atoms with Gasteiger partial charge in [-0.1, -0.05) is 39.0 Å². The van der Waals surface area contributed by atoms with Gasteiger partial charge in [-0.05, 0) is 60.2 Å². The van der Waals surface area contributed by atoms with Crippen LogP contribution in [0.5, 0.6) is 5.75 Å². The van der Waals surface area contributed by atoms with Gasteiger partial charge in [0.05, 0.1) is 12.1 Å². The van der Waals surface area contributed by atoms with Crippen LogP contribution in [0.15, 0.2) is 47.8 Å². The Morgan fingerprint density at radius 2 is 2.08 bits per heavy atom. The Labute approximate surface area is 232 Å². The molecule has 1 saturated heterocycles. The second kappa shape index (κ2) is 11.4. The zero-order chi connectivity index (χ0) is 27.6. The maximum atomic E-state index is 14.3. The molecule has 2 aliphatic heterocycles. The molecular formula is C30H34FN3O4S. The van der Waals surface area contributed by atoms with Crippen molar-refractivity contribution in [3.8, 4) is 5.75 Å². The van der Waals surface area contributed by atoms with Gasteiger partial charge in [-0.25, -0.2) is 9.37 Å². The van der Waals surface area contributed by atoms with Crippen LogP contribution in [0, 0.1) is 11.2 Å². The average Bonchev–Trinajstić information content (AvgIpc) is 3.61. The molecule has 2 amide bonds. The standard InChI is InChI=1S/C30H34FN3O4S/c1-30(2,3)29(36)34-12-11-19-9-10-22(15-24(19)27(34)20-6-4-7-21(31)14-20)38-17-26-33-25(18-39-26)28(35)32-16-23-8-5-13-37-23/h4,6-7,9-10,14-15,18,23,27H,5,8,11-13,16-17H2,1-3H3,(H,32,35)/t23-,27+/m0/s1. The number of thiazole rings is 1. The number of ether oxygens (including phenoxy) is 2. The quantitative estimate of drug-likeness (QED) is 0.432. The molecule has 7 nitrogen and oxygen atoms in total. The van der Waals surface area contributed by atoms with Crippen LogP contribution in [0.25, 0.3) is 0 Å². The van der Waals surface area contributed by atoms with Crippen LogP contribution >= 0.6 is 11.3 Å². The minimum absolute atomic E-state index is 0.0156. The Hall–Kier alpha value is -3.30. The zero-order valence-electron chi connectivity index (χ0n) is 22.5. The van der Waals surface area contributed by atoms with Crippen molar-refractivity contribution >= 4 is 23.2 Å². The van der Waals surface area contributed by atoms with Crippen LogP contribution in [0.4, 0.5) is 4.39 Å². The molecule has 3 aromatic rings. The van der Waals surface area contributed by atoms with Gasteiger partial charge in [0.25, 0.3) is 5.91 Å². The molecule has 2 atom stereocenters. The number of fused-ring (bicyclic) bond motifs is 1. The van der Waals surface area contributed by atoms with E-state index in [9.17, 15) is 14.0 Å². The Morgan fingerprint density at radius 1 is 1.23 bits per heavy atom. The van der Waals surface area contributed by atoms with E-state index >= 15 is 0 Å². The number of carbonyl (C=O) groups is 2. The molecule has 0 bridgehead atoms. The Morgan fingerprint density at radius 3 is 2.82 bits per heavy atom. The monoisotopic (exact) mass is 551 g/mol. The molecule has 2 aliphatic rings. The highest BCUT2D eigenvalue weighted by Crippen LogP contribution is 2.39. The summed E-state index contributed by atoms with van der Waals surface area (Å²) in [6.45, 7) is 7.70. The highest BCUT2D eigenvalue weighted by Gasteiger charge is 2.37. The number of carbonyl (C=O) groups excluding carboxylic acids is 2. The first-order chi connectivity index (χ1) is 18.7. The molecular weight excluding hydrogens is 517 g/mol. The SMILES string of the molecule is CC(C)(C)C(=O)N1CCc2ccc(OCc3nc(C(=O)NC[C@@H]4CCCO4)cs3)cc2[C@H]1c1cccc(F)c1. The number of hydrogen-bond acceptors (Lipinski definition) is 6. The van der Waals surface area contributed by atoms with Crippen LogP contribution in [0.1, 0.15) is 71.8 Å². The van der Waals surface area contributed by atoms with Crippen molar-refractivity contribution in [3.63, 3.8) is 0 Å². The fourth-order valence-corrected chi connectivity index (χ4v) is 5.78. The van der Waals surface area contributed by atoms with Crippen LogP contribution < -0.4 is 10.1 Å². The van der Waals surface area contributed by atoms with E-state index in [2.05, 4.69) is 10.3 Å². The number of benzene rings is 2. The molecule has 0 saturated carbocycles. The fourth-order valence-electron chi connectivity index (χ4n) is 5.10. The molecule has 0 unspecified atom stereocenters. The van der Waals surface area contributed by atoms with Crippen molar-refractivity contribution in [2.24, 2.45) is 5.41 Å². The highest BCUT2D eigenvalue weighted by molar-refractivity contribution is 7.09. The minimum atomic E-state index is -0.573. The molecule has 0 spiro atoms. The Kier molecular flexibility index (Phi) is 8.00. The fraction of sp³-hybridized carbons (Fsp3) is 0.433. The number of aromatic nitrogens is 1. The predicted octanol–water partition coefficient (Wildman–Crippen LogP) is 5.29. The van der Waals surface area contributed by atoms with Gasteiger partial charge in [-0.15, -0.1) is 11.3 Å². The van der Waals surface area contributed by atoms with Crippen LogP contribution in [0.3, 0.4) is 0 Å². The smallest absolute Gasteiger partial charge is 0.270 e. The summed E-state index contributed by atoms with van der Waals surface area (Å²) in [5, 5.41) is 5.30. The van der Waals surface area contributed by atoms with E-state index in [-0.39, 0.29) is 30.3 Å². The molecule has 0 radical (unpaired) electrons. The van der Waals surface area contributed by atoms with E-state index in [0.29, 0.717) is 36.0 Å². The molecule has 39 heavy (non-hydrogen) atoms. The van der Waals surface area contributed by atoms with Gasteiger partial charge in [-0.2, -0.15) is 0 Å². The minimum Gasteiger partial charge on any atom is -0.486 e. The first-order valence-electron chi connectivity index (χ1n) is 13.4. The van der Waals surface area contributed by atoms with E-state index in [0.717, 1.165) is 36.1 Å². The third-order valence-electron chi connectivity index (χ3n) is 7.07. The first-order valence-corrected chi connectivity index (χ1v) is 14.2. The van der Waals surface area contributed by atoms with Gasteiger partial charge >= 0.3 is 0 Å². The van der Waals surface area contributed by atoms with Gasteiger partial charge in [-0.3, -0.25) is 9.59 Å². The lowest BCUT2D eigenvalue weighted by molar-refractivity contribution is -0.141.